The number of ether oxygens (including phenoxy) is 1. The van der Waals surface area contributed by atoms with Crippen LogP contribution >= 0.6 is 0 Å². The van der Waals surface area contributed by atoms with E-state index in [1.807, 2.05) is 7.05 Å². The van der Waals surface area contributed by atoms with Gasteiger partial charge in [-0.15, -0.1) is 0 Å². The van der Waals surface area contributed by atoms with Gasteiger partial charge in [-0.05, 0) is 13.0 Å². The van der Waals surface area contributed by atoms with Gasteiger partial charge in [-0.1, -0.05) is 6.92 Å². The van der Waals surface area contributed by atoms with Gasteiger partial charge < -0.3 is 10.1 Å². The third-order valence-electron chi connectivity index (χ3n) is 1.89. The van der Waals surface area contributed by atoms with Crippen molar-refractivity contribution in [3.8, 4) is 0 Å². The van der Waals surface area contributed by atoms with E-state index in [0.29, 0.717) is 13.2 Å². The topological polar surface area (TPSA) is 52.0 Å². The number of rotatable bonds is 7. The minimum absolute atomic E-state index is 0.532. The molecule has 0 amide bonds. The van der Waals surface area contributed by atoms with Gasteiger partial charge in [0.15, 0.2) is 5.82 Å². The number of nitrogens with one attached hydrogen (secondary N) is 1. The Kier molecular flexibility index (Phi) is 5.17. The molecule has 0 saturated heterocycles. The van der Waals surface area contributed by atoms with Crippen molar-refractivity contribution in [2.75, 3.05) is 19.7 Å². The van der Waals surface area contributed by atoms with Gasteiger partial charge in [-0.2, -0.15) is 5.10 Å². The van der Waals surface area contributed by atoms with Gasteiger partial charge in [0.1, 0.15) is 12.9 Å². The second-order valence-electron chi connectivity index (χ2n) is 3.10. The Morgan fingerprint density at radius 2 is 2.36 bits per heavy atom. The van der Waals surface area contributed by atoms with Crippen molar-refractivity contribution in [2.45, 2.75) is 20.0 Å². The highest BCUT2D eigenvalue weighted by molar-refractivity contribution is 4.79. The average Bonchev–Trinajstić information content (AvgIpc) is 2.58. The maximum absolute atomic E-state index is 5.42. The molecule has 0 unspecified atom stereocenters. The van der Waals surface area contributed by atoms with Gasteiger partial charge in [0.25, 0.3) is 0 Å². The van der Waals surface area contributed by atoms with Crippen LogP contribution in [0, 0.1) is 0 Å². The fourth-order valence-corrected chi connectivity index (χ4v) is 1.06. The second kappa shape index (κ2) is 6.50. The predicted molar refractivity (Wildman–Crippen MR) is 53.8 cm³/mol. The summed E-state index contributed by atoms with van der Waals surface area (Å²) in [6.07, 6.45) is 2.69. The molecule has 5 heteroatoms. The molecule has 0 saturated carbocycles. The lowest BCUT2D eigenvalue weighted by molar-refractivity contribution is 0.115. The zero-order valence-corrected chi connectivity index (χ0v) is 8.86. The van der Waals surface area contributed by atoms with Crippen LogP contribution in [0.1, 0.15) is 19.2 Å². The van der Waals surface area contributed by atoms with Crippen LogP contribution in [0.3, 0.4) is 0 Å². The normalized spacial score (nSPS) is 10.7. The molecule has 0 radical (unpaired) electrons. The Bertz CT molecular complexity index is 249. The second-order valence-corrected chi connectivity index (χ2v) is 3.10. The van der Waals surface area contributed by atoms with Gasteiger partial charge in [0, 0.05) is 13.6 Å². The zero-order valence-electron chi connectivity index (χ0n) is 8.86. The maximum Gasteiger partial charge on any atom is 0.152 e. The van der Waals surface area contributed by atoms with Gasteiger partial charge in [0.2, 0.25) is 0 Å². The van der Waals surface area contributed by atoms with E-state index in [1.165, 1.54) is 6.33 Å². The standard InChI is InChI=1S/C9H18N4O/c1-3-4-10-5-6-14-7-9-11-8-12-13(9)2/h8,10H,3-7H2,1-2H3. The van der Waals surface area contributed by atoms with Crippen molar-refractivity contribution >= 4 is 0 Å². The molecule has 0 bridgehead atoms. The first kappa shape index (κ1) is 11.1. The smallest absolute Gasteiger partial charge is 0.152 e. The largest absolute Gasteiger partial charge is 0.372 e. The SMILES string of the molecule is CCCNCCOCc1ncnn1C. The van der Waals surface area contributed by atoms with E-state index in [2.05, 4.69) is 22.3 Å². The number of nitrogens with zero attached hydrogens (tertiary/aromatic N) is 3. The molecule has 5 nitrogen and oxygen atoms in total. The van der Waals surface area contributed by atoms with E-state index >= 15 is 0 Å². The first-order valence-electron chi connectivity index (χ1n) is 4.96. The average molecular weight is 198 g/mol. The molecule has 0 aliphatic heterocycles. The van der Waals surface area contributed by atoms with Gasteiger partial charge in [-0.25, -0.2) is 4.98 Å². The summed E-state index contributed by atoms with van der Waals surface area (Å²) in [5, 5.41) is 7.22. The van der Waals surface area contributed by atoms with Crippen LogP contribution in [-0.4, -0.2) is 34.5 Å². The number of hydrogen-bond acceptors (Lipinski definition) is 4. The summed E-state index contributed by atoms with van der Waals surface area (Å²) >= 11 is 0. The lowest BCUT2D eigenvalue weighted by Crippen LogP contribution is -2.20. The first-order chi connectivity index (χ1) is 6.84. The van der Waals surface area contributed by atoms with Crippen LogP contribution in [0.25, 0.3) is 0 Å². The molecule has 1 N–H and O–H groups in total. The van der Waals surface area contributed by atoms with E-state index in [-0.39, 0.29) is 0 Å². The predicted octanol–water partition coefficient (Wildman–Crippen LogP) is 0.331. The quantitative estimate of drug-likeness (QED) is 0.642. The Hall–Kier alpha value is -0.940. The molecule has 1 aromatic heterocycles. The lowest BCUT2D eigenvalue weighted by Gasteiger charge is -2.04. The van der Waals surface area contributed by atoms with Crippen LogP contribution in [-0.2, 0) is 18.4 Å². The Labute approximate surface area is 84.5 Å². The van der Waals surface area contributed by atoms with Crippen molar-refractivity contribution in [2.24, 2.45) is 7.05 Å². The number of aromatic nitrogens is 3. The van der Waals surface area contributed by atoms with Crippen LogP contribution in [0.15, 0.2) is 6.33 Å². The van der Waals surface area contributed by atoms with Crippen LogP contribution in [0.2, 0.25) is 0 Å². The number of aryl methyl sites for hydroxylation is 1. The van der Waals surface area contributed by atoms with E-state index < -0.39 is 0 Å². The summed E-state index contributed by atoms with van der Waals surface area (Å²) in [6, 6.07) is 0. The third-order valence-corrected chi connectivity index (χ3v) is 1.89. The van der Waals surface area contributed by atoms with E-state index in [9.17, 15) is 0 Å². The summed E-state index contributed by atoms with van der Waals surface area (Å²) in [5.74, 6) is 0.862. The van der Waals surface area contributed by atoms with Crippen molar-refractivity contribution in [3.63, 3.8) is 0 Å². The molecule has 14 heavy (non-hydrogen) atoms. The fourth-order valence-electron chi connectivity index (χ4n) is 1.06. The molecule has 0 aliphatic rings. The molecule has 0 spiro atoms. The zero-order chi connectivity index (χ0) is 10.2. The van der Waals surface area contributed by atoms with Crippen molar-refractivity contribution in [3.05, 3.63) is 12.2 Å². The highest BCUT2D eigenvalue weighted by atomic mass is 16.5. The fraction of sp³-hybridized carbons (Fsp3) is 0.778. The molecule has 0 aliphatic carbocycles. The molecule has 80 valence electrons. The molecule has 0 aromatic carbocycles. The number of hydrogen-bond donors (Lipinski definition) is 1. The molecular weight excluding hydrogens is 180 g/mol. The molecule has 1 rings (SSSR count). The molecule has 1 aromatic rings. The Morgan fingerprint density at radius 1 is 1.50 bits per heavy atom. The van der Waals surface area contributed by atoms with Crippen LogP contribution in [0.4, 0.5) is 0 Å². The van der Waals surface area contributed by atoms with Crippen molar-refractivity contribution in [1.82, 2.24) is 20.1 Å². The van der Waals surface area contributed by atoms with Gasteiger partial charge in [-0.3, -0.25) is 4.68 Å². The molecule has 1 heterocycles. The summed E-state index contributed by atoms with van der Waals surface area (Å²) in [7, 11) is 1.86. The lowest BCUT2D eigenvalue weighted by atomic mass is 10.5. The minimum Gasteiger partial charge on any atom is -0.372 e. The van der Waals surface area contributed by atoms with E-state index in [4.69, 9.17) is 4.74 Å². The highest BCUT2D eigenvalue weighted by Crippen LogP contribution is 1.92. The Balaban J connectivity index is 2.02. The molecule has 0 atom stereocenters. The third kappa shape index (κ3) is 3.85. The minimum atomic E-state index is 0.532. The monoisotopic (exact) mass is 198 g/mol. The molecular formula is C9H18N4O. The van der Waals surface area contributed by atoms with Crippen molar-refractivity contribution < 1.29 is 4.74 Å². The van der Waals surface area contributed by atoms with Crippen LogP contribution in [0.5, 0.6) is 0 Å². The maximum atomic E-state index is 5.42. The van der Waals surface area contributed by atoms with Gasteiger partial charge in [0.05, 0.1) is 6.61 Å². The Morgan fingerprint density at radius 3 is 3.00 bits per heavy atom. The summed E-state index contributed by atoms with van der Waals surface area (Å²) in [6.45, 7) is 5.34. The summed E-state index contributed by atoms with van der Waals surface area (Å²) in [5.41, 5.74) is 0. The van der Waals surface area contributed by atoms with E-state index in [0.717, 1.165) is 25.3 Å². The van der Waals surface area contributed by atoms with Crippen molar-refractivity contribution in [1.29, 1.82) is 0 Å². The first-order valence-corrected chi connectivity index (χ1v) is 4.96. The summed E-state index contributed by atoms with van der Waals surface area (Å²) < 4.78 is 7.14. The highest BCUT2D eigenvalue weighted by Gasteiger charge is 1.98. The van der Waals surface area contributed by atoms with Crippen LogP contribution < -0.4 is 5.32 Å². The molecule has 0 fully saturated rings. The van der Waals surface area contributed by atoms with E-state index in [1.54, 1.807) is 4.68 Å². The van der Waals surface area contributed by atoms with Gasteiger partial charge >= 0.3 is 0 Å². The summed E-state index contributed by atoms with van der Waals surface area (Å²) in [4.78, 5) is 4.06.